The molecule has 0 aromatic heterocycles. The number of benzene rings is 6. The van der Waals surface area contributed by atoms with Gasteiger partial charge in [0.25, 0.3) is 0 Å². The standard InChI is InChI=1S/C40H38N2.C16H16.2C2H6/c1-5-11-27(12-6-2)26-42-39(35-24-21-29-13-7-8-14-32(29)38(35)41)30-19-17-28(18-20-30)31-22-23-34-33-15-9-10-16-36(33)40(3,4)37(34)25-31;1-11-8-9-13-12-6-4-5-7-14(12)16(2,3)15(13)10-11;2*1-2/h5-9,11-15,17-25H,1,10,16,26,41H2,2-4H3;4-10H,1-3H3;2*1-2H3/b12-6-,27-11+,42-39?;;;. The second-order valence-electron chi connectivity index (χ2n) is 16.9. The summed E-state index contributed by atoms with van der Waals surface area (Å²) in [5.41, 5.74) is 27.1. The minimum absolute atomic E-state index is 0.0579. The molecule has 0 radical (unpaired) electrons. The fraction of sp³-hybridized carbons (Fsp3) is 0.250. The van der Waals surface area contributed by atoms with E-state index in [4.69, 9.17) is 10.7 Å². The Balaban J connectivity index is 0.000000266. The molecule has 2 N–H and O–H groups in total. The summed E-state index contributed by atoms with van der Waals surface area (Å²) in [5, 5.41) is 2.17. The molecule has 6 aromatic carbocycles. The molecule has 3 aliphatic carbocycles. The first-order chi connectivity index (χ1) is 30.0. The zero-order chi connectivity index (χ0) is 44.6. The molecule has 0 atom stereocenters. The number of nitrogen functional groups attached to an aromatic ring is 1. The number of allylic oxidation sites excluding steroid dienone is 7. The molecule has 2 nitrogen and oxygen atoms in total. The summed E-state index contributed by atoms with van der Waals surface area (Å²) in [6.07, 6.45) is 14.8. The average molecular weight is 815 g/mol. The van der Waals surface area contributed by atoms with Crippen LogP contribution in [0.5, 0.6) is 0 Å². The quantitative estimate of drug-likeness (QED) is 0.0973. The van der Waals surface area contributed by atoms with Crippen LogP contribution >= 0.6 is 0 Å². The number of hydrogen-bond donors (Lipinski definition) is 1. The molecule has 6 aromatic rings. The fourth-order valence-electron chi connectivity index (χ4n) is 9.37. The van der Waals surface area contributed by atoms with Gasteiger partial charge in [-0.05, 0) is 93.8 Å². The van der Waals surface area contributed by atoms with Gasteiger partial charge in [-0.3, -0.25) is 4.99 Å². The van der Waals surface area contributed by atoms with Crippen LogP contribution in [0.25, 0.3) is 38.6 Å². The van der Waals surface area contributed by atoms with Gasteiger partial charge < -0.3 is 5.73 Å². The molecule has 0 fully saturated rings. The molecular formula is C60H66N2. The third kappa shape index (κ3) is 8.75. The van der Waals surface area contributed by atoms with Crippen molar-refractivity contribution in [2.75, 3.05) is 12.3 Å². The Labute approximate surface area is 373 Å². The van der Waals surface area contributed by atoms with Gasteiger partial charge in [-0.1, -0.05) is 225 Å². The number of aliphatic imine (C=N–C) groups is 1. The second kappa shape index (κ2) is 19.6. The maximum absolute atomic E-state index is 6.79. The second-order valence-corrected chi connectivity index (χ2v) is 16.9. The van der Waals surface area contributed by atoms with Crippen LogP contribution in [0, 0.1) is 6.92 Å². The molecule has 9 rings (SSSR count). The van der Waals surface area contributed by atoms with Gasteiger partial charge in [0.05, 0.1) is 12.3 Å². The van der Waals surface area contributed by atoms with E-state index in [0.717, 1.165) is 51.7 Å². The number of nitrogens with two attached hydrogens (primary N) is 1. The number of hydrogen-bond acceptors (Lipinski definition) is 2. The highest BCUT2D eigenvalue weighted by Gasteiger charge is 2.37. The van der Waals surface area contributed by atoms with Crippen LogP contribution in [-0.2, 0) is 10.8 Å². The Hall–Kier alpha value is -6.25. The molecule has 0 amide bonds. The maximum Gasteiger partial charge on any atom is 0.0743 e. The zero-order valence-electron chi connectivity index (χ0n) is 38.9. The molecule has 62 heavy (non-hydrogen) atoms. The normalized spacial score (nSPS) is 15.3. The summed E-state index contributed by atoms with van der Waals surface area (Å²) in [6.45, 7) is 26.0. The first kappa shape index (κ1) is 45.3. The Morgan fingerprint density at radius 1 is 0.710 bits per heavy atom. The lowest BCUT2D eigenvalue weighted by molar-refractivity contribution is 0.607. The van der Waals surface area contributed by atoms with Crippen LogP contribution in [0.15, 0.2) is 181 Å². The molecule has 0 spiro atoms. The van der Waals surface area contributed by atoms with E-state index >= 15 is 0 Å². The smallest absolute Gasteiger partial charge is 0.0743 e. The minimum Gasteiger partial charge on any atom is -0.398 e. The SMILES string of the molecule is C=C/C=C(\C=C/C)CN=C(c1ccc(-c2ccc3c(c2)C(C)(C)C2=C3C=CCC2)cc1)c1ccc2ccccc2c1N.CC.CC.Cc1ccc2c(c1)C(C)(C)c1ccccc1-2. The van der Waals surface area contributed by atoms with Crippen molar-refractivity contribution in [1.82, 2.24) is 0 Å². The highest BCUT2D eigenvalue weighted by molar-refractivity contribution is 6.19. The highest BCUT2D eigenvalue weighted by Crippen LogP contribution is 2.51. The van der Waals surface area contributed by atoms with Crippen molar-refractivity contribution >= 4 is 27.7 Å². The van der Waals surface area contributed by atoms with Crippen molar-refractivity contribution in [3.05, 3.63) is 214 Å². The van der Waals surface area contributed by atoms with E-state index in [9.17, 15) is 0 Å². The van der Waals surface area contributed by atoms with Crippen molar-refractivity contribution in [2.45, 2.75) is 92.9 Å². The maximum atomic E-state index is 6.79. The third-order valence-electron chi connectivity index (χ3n) is 12.5. The average Bonchev–Trinajstić information content (AvgIpc) is 3.67. The van der Waals surface area contributed by atoms with Gasteiger partial charge in [0.2, 0.25) is 0 Å². The van der Waals surface area contributed by atoms with Gasteiger partial charge in [-0.25, -0.2) is 0 Å². The molecule has 2 heteroatoms. The van der Waals surface area contributed by atoms with E-state index in [1.54, 1.807) is 5.57 Å². The summed E-state index contributed by atoms with van der Waals surface area (Å²) < 4.78 is 0. The molecule has 3 aliphatic rings. The predicted molar refractivity (Wildman–Crippen MR) is 274 cm³/mol. The van der Waals surface area contributed by atoms with Crippen LogP contribution in [0.4, 0.5) is 5.69 Å². The minimum atomic E-state index is 0.0579. The van der Waals surface area contributed by atoms with Crippen LogP contribution in [-0.4, -0.2) is 12.3 Å². The molecule has 316 valence electrons. The first-order valence-electron chi connectivity index (χ1n) is 22.7. The Morgan fingerprint density at radius 2 is 1.37 bits per heavy atom. The predicted octanol–water partition coefficient (Wildman–Crippen LogP) is 16.4. The molecular weight excluding hydrogens is 749 g/mol. The lowest BCUT2D eigenvalue weighted by Crippen LogP contribution is -2.17. The van der Waals surface area contributed by atoms with E-state index in [0.29, 0.717) is 6.54 Å². The van der Waals surface area contributed by atoms with Crippen LogP contribution < -0.4 is 5.73 Å². The van der Waals surface area contributed by atoms with Gasteiger partial charge in [0.1, 0.15) is 0 Å². The number of nitrogens with zero attached hydrogens (tertiary/aromatic N) is 1. The van der Waals surface area contributed by atoms with E-state index in [1.165, 1.54) is 55.6 Å². The van der Waals surface area contributed by atoms with E-state index in [2.05, 4.69) is 169 Å². The van der Waals surface area contributed by atoms with Gasteiger partial charge in [-0.2, -0.15) is 0 Å². The summed E-state index contributed by atoms with van der Waals surface area (Å²) in [7, 11) is 0. The Kier molecular flexibility index (Phi) is 14.3. The van der Waals surface area contributed by atoms with Gasteiger partial charge in [0, 0.05) is 33.0 Å². The lowest BCUT2D eigenvalue weighted by atomic mass is 9.78. The van der Waals surface area contributed by atoms with Gasteiger partial charge in [0.15, 0.2) is 0 Å². The molecule has 0 bridgehead atoms. The van der Waals surface area contributed by atoms with Crippen molar-refractivity contribution in [3.63, 3.8) is 0 Å². The Morgan fingerprint density at radius 3 is 2.11 bits per heavy atom. The molecule has 0 aliphatic heterocycles. The number of anilines is 1. The molecule has 0 unspecified atom stereocenters. The van der Waals surface area contributed by atoms with Crippen LogP contribution in [0.2, 0.25) is 0 Å². The lowest BCUT2D eigenvalue weighted by Gasteiger charge is -2.26. The number of rotatable bonds is 7. The first-order valence-corrected chi connectivity index (χ1v) is 22.7. The largest absolute Gasteiger partial charge is 0.398 e. The van der Waals surface area contributed by atoms with Crippen molar-refractivity contribution in [2.24, 2.45) is 4.99 Å². The molecule has 0 saturated heterocycles. The number of fused-ring (bicyclic) bond motifs is 6. The van der Waals surface area contributed by atoms with Crippen molar-refractivity contribution < 1.29 is 0 Å². The molecule has 0 heterocycles. The van der Waals surface area contributed by atoms with E-state index in [1.807, 2.05) is 65.0 Å². The van der Waals surface area contributed by atoms with Crippen LogP contribution in [0.1, 0.15) is 114 Å². The van der Waals surface area contributed by atoms with E-state index in [-0.39, 0.29) is 10.8 Å². The van der Waals surface area contributed by atoms with E-state index < -0.39 is 0 Å². The Bertz CT molecular complexity index is 2720. The summed E-state index contributed by atoms with van der Waals surface area (Å²) in [4.78, 5) is 5.14. The fourth-order valence-corrected chi connectivity index (χ4v) is 9.37. The topological polar surface area (TPSA) is 38.4 Å². The van der Waals surface area contributed by atoms with Crippen molar-refractivity contribution in [1.29, 1.82) is 0 Å². The van der Waals surface area contributed by atoms with Gasteiger partial charge >= 0.3 is 0 Å². The summed E-state index contributed by atoms with van der Waals surface area (Å²) in [6, 6.07) is 43.8. The molecule has 0 saturated carbocycles. The zero-order valence-corrected chi connectivity index (χ0v) is 38.9. The third-order valence-corrected chi connectivity index (χ3v) is 12.5. The summed E-state index contributed by atoms with van der Waals surface area (Å²) in [5.74, 6) is 0. The highest BCUT2D eigenvalue weighted by atomic mass is 14.7. The van der Waals surface area contributed by atoms with Crippen LogP contribution in [0.3, 0.4) is 0 Å². The monoisotopic (exact) mass is 815 g/mol. The summed E-state index contributed by atoms with van der Waals surface area (Å²) >= 11 is 0. The number of aryl methyl sites for hydroxylation is 1. The van der Waals surface area contributed by atoms with Gasteiger partial charge in [-0.15, -0.1) is 0 Å². The van der Waals surface area contributed by atoms with Crippen molar-refractivity contribution in [3.8, 4) is 22.3 Å².